The second-order valence-corrected chi connectivity index (χ2v) is 14.5. The van der Waals surface area contributed by atoms with Crippen molar-refractivity contribution in [2.24, 2.45) is 0 Å². The highest BCUT2D eigenvalue weighted by Gasteiger charge is 2.17. The Morgan fingerprint density at radius 1 is 0.211 bits per heavy atom. The first kappa shape index (κ1) is 34.0. The molecule has 0 unspecified atom stereocenters. The van der Waals surface area contributed by atoms with E-state index < -0.39 is 0 Å². The summed E-state index contributed by atoms with van der Waals surface area (Å²) in [6.07, 6.45) is 0. The highest BCUT2D eigenvalue weighted by molar-refractivity contribution is 6.05. The molecule has 0 N–H and O–H groups in total. The van der Waals surface area contributed by atoms with Gasteiger partial charge in [0.1, 0.15) is 0 Å². The van der Waals surface area contributed by atoms with E-state index in [1.165, 1.54) is 77.2 Å². The summed E-state index contributed by atoms with van der Waals surface area (Å²) < 4.78 is 0. The maximum absolute atomic E-state index is 2.36. The lowest BCUT2D eigenvalue weighted by molar-refractivity contribution is 1.28. The van der Waals surface area contributed by atoms with Crippen molar-refractivity contribution in [3.63, 3.8) is 0 Å². The molecule has 0 saturated carbocycles. The van der Waals surface area contributed by atoms with Gasteiger partial charge < -0.3 is 4.90 Å². The monoisotopic (exact) mass is 725 g/mol. The third kappa shape index (κ3) is 6.56. The molecule has 0 saturated heterocycles. The highest BCUT2D eigenvalue weighted by atomic mass is 15.1. The fraction of sp³-hybridized carbons (Fsp3) is 0. The predicted octanol–water partition coefficient (Wildman–Crippen LogP) is 15.8. The minimum atomic E-state index is 1.09. The Hall–Kier alpha value is -7.48. The molecule has 57 heavy (non-hydrogen) atoms. The zero-order valence-corrected chi connectivity index (χ0v) is 31.5. The lowest BCUT2D eigenvalue weighted by Gasteiger charge is -2.26. The molecule has 268 valence electrons. The van der Waals surface area contributed by atoms with Gasteiger partial charge in [-0.3, -0.25) is 0 Å². The first-order chi connectivity index (χ1) is 28.3. The molecule has 0 heterocycles. The fourth-order valence-electron chi connectivity index (χ4n) is 8.32. The van der Waals surface area contributed by atoms with E-state index in [0.29, 0.717) is 0 Å². The first-order valence-corrected chi connectivity index (χ1v) is 19.6. The average molecular weight is 726 g/mol. The van der Waals surface area contributed by atoms with Gasteiger partial charge in [-0.15, -0.1) is 0 Å². The van der Waals surface area contributed by atoms with Crippen molar-refractivity contribution in [3.8, 4) is 55.6 Å². The maximum Gasteiger partial charge on any atom is 0.0462 e. The van der Waals surface area contributed by atoms with Gasteiger partial charge in [-0.1, -0.05) is 200 Å². The molecule has 10 aromatic rings. The molecule has 0 aromatic heterocycles. The Morgan fingerprint density at radius 2 is 0.526 bits per heavy atom. The molecule has 0 aliphatic carbocycles. The number of anilines is 3. The Morgan fingerprint density at radius 3 is 1.00 bits per heavy atom. The van der Waals surface area contributed by atoms with Gasteiger partial charge in [0.2, 0.25) is 0 Å². The summed E-state index contributed by atoms with van der Waals surface area (Å²) in [7, 11) is 0. The quantitative estimate of drug-likeness (QED) is 0.151. The van der Waals surface area contributed by atoms with Crippen molar-refractivity contribution in [3.05, 3.63) is 237 Å². The third-order valence-electron chi connectivity index (χ3n) is 11.1. The summed E-state index contributed by atoms with van der Waals surface area (Å²) >= 11 is 0. The zero-order chi connectivity index (χ0) is 38.0. The Kier molecular flexibility index (Phi) is 8.95. The third-order valence-corrected chi connectivity index (χ3v) is 11.1. The molecule has 0 fully saturated rings. The van der Waals surface area contributed by atoms with Crippen LogP contribution in [0.3, 0.4) is 0 Å². The fourth-order valence-corrected chi connectivity index (χ4v) is 8.32. The second kappa shape index (κ2) is 15.0. The Labute approximate surface area is 334 Å². The lowest BCUT2D eigenvalue weighted by atomic mass is 9.89. The molecule has 10 aromatic carbocycles. The van der Waals surface area contributed by atoms with Crippen LogP contribution in [0.5, 0.6) is 0 Å². The molecule has 1 heteroatoms. The van der Waals surface area contributed by atoms with Gasteiger partial charge >= 0.3 is 0 Å². The standard InChI is InChI=1S/C56H39N/c1-4-14-40(15-5-1)41-24-32-48(33-25-41)57(49-34-26-45(27-35-49)54-39-31-43-18-10-12-22-51(43)55(54)46-20-8-3-9-21-46)50-36-28-47(29-37-50)56-52-23-13-11-19-44(52)30-38-53(56)42-16-6-2-7-17-42/h1-39H. The summed E-state index contributed by atoms with van der Waals surface area (Å²) in [6, 6.07) is 85.5. The molecule has 10 rings (SSSR count). The SMILES string of the molecule is c1ccc(-c2ccc(N(c3ccc(-c4ccc5ccccc5c4-c4ccccc4)cc3)c3ccc(-c4c(-c5ccccc5)ccc5ccccc45)cc3)cc2)cc1. The van der Waals surface area contributed by atoms with E-state index in [1.807, 2.05) is 0 Å². The van der Waals surface area contributed by atoms with Crippen molar-refractivity contribution >= 4 is 38.6 Å². The van der Waals surface area contributed by atoms with E-state index >= 15 is 0 Å². The van der Waals surface area contributed by atoms with Gasteiger partial charge in [0, 0.05) is 17.1 Å². The van der Waals surface area contributed by atoms with E-state index in [-0.39, 0.29) is 0 Å². The predicted molar refractivity (Wildman–Crippen MR) is 243 cm³/mol. The van der Waals surface area contributed by atoms with Gasteiger partial charge in [0.25, 0.3) is 0 Å². The normalized spacial score (nSPS) is 11.2. The van der Waals surface area contributed by atoms with Gasteiger partial charge in [0.15, 0.2) is 0 Å². The van der Waals surface area contributed by atoms with Crippen LogP contribution in [0.2, 0.25) is 0 Å². The Bertz CT molecular complexity index is 2950. The van der Waals surface area contributed by atoms with Crippen LogP contribution in [0.1, 0.15) is 0 Å². The van der Waals surface area contributed by atoms with Gasteiger partial charge in [0.05, 0.1) is 0 Å². The van der Waals surface area contributed by atoms with E-state index in [2.05, 4.69) is 241 Å². The lowest BCUT2D eigenvalue weighted by Crippen LogP contribution is -2.09. The number of nitrogens with zero attached hydrogens (tertiary/aromatic N) is 1. The van der Waals surface area contributed by atoms with E-state index in [4.69, 9.17) is 0 Å². The minimum absolute atomic E-state index is 1.09. The van der Waals surface area contributed by atoms with E-state index in [1.54, 1.807) is 0 Å². The Balaban J connectivity index is 1.08. The summed E-state index contributed by atoms with van der Waals surface area (Å²) in [4.78, 5) is 2.36. The molecule has 0 spiro atoms. The van der Waals surface area contributed by atoms with Crippen LogP contribution in [0.25, 0.3) is 77.2 Å². The summed E-state index contributed by atoms with van der Waals surface area (Å²) in [6.45, 7) is 0. The molecular weight excluding hydrogens is 687 g/mol. The van der Waals surface area contributed by atoms with E-state index in [9.17, 15) is 0 Å². The van der Waals surface area contributed by atoms with Crippen molar-refractivity contribution in [2.75, 3.05) is 4.90 Å². The van der Waals surface area contributed by atoms with Crippen molar-refractivity contribution in [1.82, 2.24) is 0 Å². The first-order valence-electron chi connectivity index (χ1n) is 19.6. The van der Waals surface area contributed by atoms with Crippen LogP contribution in [0, 0.1) is 0 Å². The van der Waals surface area contributed by atoms with Crippen LogP contribution in [0.4, 0.5) is 17.1 Å². The summed E-state index contributed by atoms with van der Waals surface area (Å²) in [5, 5.41) is 4.98. The molecule has 0 aliphatic heterocycles. The second-order valence-electron chi connectivity index (χ2n) is 14.5. The zero-order valence-electron chi connectivity index (χ0n) is 31.5. The van der Waals surface area contributed by atoms with Crippen molar-refractivity contribution in [2.45, 2.75) is 0 Å². The molecule has 0 amide bonds. The van der Waals surface area contributed by atoms with Gasteiger partial charge in [-0.25, -0.2) is 0 Å². The summed E-state index contributed by atoms with van der Waals surface area (Å²) in [5.74, 6) is 0. The van der Waals surface area contributed by atoms with Crippen LogP contribution >= 0.6 is 0 Å². The molecular formula is C56H39N. The van der Waals surface area contributed by atoms with Crippen LogP contribution in [-0.2, 0) is 0 Å². The smallest absolute Gasteiger partial charge is 0.0462 e. The van der Waals surface area contributed by atoms with Crippen LogP contribution in [-0.4, -0.2) is 0 Å². The number of rotatable bonds is 8. The van der Waals surface area contributed by atoms with E-state index in [0.717, 1.165) is 17.1 Å². The van der Waals surface area contributed by atoms with Crippen LogP contribution in [0.15, 0.2) is 237 Å². The molecule has 0 aliphatic rings. The maximum atomic E-state index is 2.36. The molecule has 0 radical (unpaired) electrons. The number of hydrogen-bond donors (Lipinski definition) is 0. The molecule has 0 bridgehead atoms. The molecule has 0 atom stereocenters. The van der Waals surface area contributed by atoms with Gasteiger partial charge in [-0.2, -0.15) is 0 Å². The number of fused-ring (bicyclic) bond motifs is 2. The van der Waals surface area contributed by atoms with Crippen molar-refractivity contribution in [1.29, 1.82) is 0 Å². The summed E-state index contributed by atoms with van der Waals surface area (Å²) in [5.41, 5.74) is 15.4. The largest absolute Gasteiger partial charge is 0.311 e. The van der Waals surface area contributed by atoms with Gasteiger partial charge in [-0.05, 0) is 114 Å². The minimum Gasteiger partial charge on any atom is -0.311 e. The topological polar surface area (TPSA) is 3.24 Å². The van der Waals surface area contributed by atoms with Crippen molar-refractivity contribution < 1.29 is 0 Å². The van der Waals surface area contributed by atoms with Crippen LogP contribution < -0.4 is 4.90 Å². The number of hydrogen-bond acceptors (Lipinski definition) is 1. The highest BCUT2D eigenvalue weighted by Crippen LogP contribution is 2.43. The average Bonchev–Trinajstić information content (AvgIpc) is 3.30. The molecule has 1 nitrogen and oxygen atoms in total. The number of benzene rings is 10.